The van der Waals surface area contributed by atoms with Gasteiger partial charge in [0.1, 0.15) is 12.6 Å². The highest BCUT2D eigenvalue weighted by Crippen LogP contribution is 2.24. The number of aromatic nitrogens is 2. The number of hydrogen-bond donors (Lipinski definition) is 2. The molecule has 0 saturated heterocycles. The van der Waals surface area contributed by atoms with Crippen molar-refractivity contribution in [2.75, 3.05) is 7.05 Å². The highest BCUT2D eigenvalue weighted by atomic mass is 16.1. The first-order valence-electron chi connectivity index (χ1n) is 5.83. The molecule has 0 fully saturated rings. The Labute approximate surface area is 104 Å². The number of amides is 1. The molecule has 0 aliphatic carbocycles. The molecule has 0 bridgehead atoms. The number of H-pyrrole nitrogens is 1. The number of para-hydroxylation sites is 1. The van der Waals surface area contributed by atoms with Crippen molar-refractivity contribution < 1.29 is 9.36 Å². The van der Waals surface area contributed by atoms with Crippen LogP contribution in [0.1, 0.15) is 10.5 Å². The van der Waals surface area contributed by atoms with Gasteiger partial charge >= 0.3 is 5.91 Å². The smallest absolute Gasteiger partial charge is 0.315 e. The normalized spacial score (nSPS) is 11.0. The van der Waals surface area contributed by atoms with Crippen LogP contribution in [0.25, 0.3) is 21.8 Å². The largest absolute Gasteiger partial charge is 0.350 e. The lowest BCUT2D eigenvalue weighted by atomic mass is 10.1. The van der Waals surface area contributed by atoms with Gasteiger partial charge in [-0.3, -0.25) is 4.79 Å². The standard InChI is InChI=1S/C14H13N3O/c1-15-14(18)13-7-10-9-5-3-4-6-11(9)16-12(10)8-17(13)2/h3-8H,1-2H3,(H,15,18)/p+1. The number of fused-ring (bicyclic) bond motifs is 3. The first-order valence-corrected chi connectivity index (χ1v) is 5.83. The first-order chi connectivity index (χ1) is 8.70. The number of benzene rings is 1. The maximum Gasteiger partial charge on any atom is 0.315 e. The Kier molecular flexibility index (Phi) is 2.30. The van der Waals surface area contributed by atoms with Gasteiger partial charge in [-0.2, -0.15) is 4.57 Å². The zero-order chi connectivity index (χ0) is 12.7. The van der Waals surface area contributed by atoms with Crippen molar-refractivity contribution in [3.8, 4) is 0 Å². The molecule has 0 unspecified atom stereocenters. The van der Waals surface area contributed by atoms with Gasteiger partial charge < -0.3 is 10.3 Å². The minimum atomic E-state index is -0.0790. The quantitative estimate of drug-likeness (QED) is 0.622. The van der Waals surface area contributed by atoms with Crippen molar-refractivity contribution in [2.45, 2.75) is 0 Å². The maximum absolute atomic E-state index is 11.8. The molecule has 0 spiro atoms. The average Bonchev–Trinajstić information content (AvgIpc) is 2.74. The van der Waals surface area contributed by atoms with Gasteiger partial charge in [-0.05, 0) is 6.07 Å². The summed E-state index contributed by atoms with van der Waals surface area (Å²) in [4.78, 5) is 15.1. The van der Waals surface area contributed by atoms with E-state index in [4.69, 9.17) is 0 Å². The second-order valence-electron chi connectivity index (χ2n) is 4.35. The summed E-state index contributed by atoms with van der Waals surface area (Å²) in [6.07, 6.45) is 1.94. The molecular weight excluding hydrogens is 226 g/mol. The van der Waals surface area contributed by atoms with Gasteiger partial charge in [-0.15, -0.1) is 0 Å². The predicted molar refractivity (Wildman–Crippen MR) is 70.4 cm³/mol. The molecule has 4 nitrogen and oxygen atoms in total. The number of pyridine rings is 1. The van der Waals surface area contributed by atoms with Crippen LogP contribution in [0.5, 0.6) is 0 Å². The minimum Gasteiger partial charge on any atom is -0.350 e. The maximum atomic E-state index is 11.8. The van der Waals surface area contributed by atoms with Gasteiger partial charge in [-0.25, -0.2) is 0 Å². The second-order valence-corrected chi connectivity index (χ2v) is 4.35. The topological polar surface area (TPSA) is 48.8 Å². The summed E-state index contributed by atoms with van der Waals surface area (Å²) in [5, 5.41) is 4.87. The Balaban J connectivity index is 2.39. The molecule has 0 radical (unpaired) electrons. The summed E-state index contributed by atoms with van der Waals surface area (Å²) in [5.41, 5.74) is 2.77. The number of nitrogens with one attached hydrogen (secondary N) is 2. The molecule has 1 amide bonds. The van der Waals surface area contributed by atoms with Gasteiger partial charge in [0.2, 0.25) is 0 Å². The molecule has 3 rings (SSSR count). The third-order valence-corrected chi connectivity index (χ3v) is 3.22. The van der Waals surface area contributed by atoms with Crippen molar-refractivity contribution in [2.24, 2.45) is 7.05 Å². The molecule has 2 N–H and O–H groups in total. The zero-order valence-electron chi connectivity index (χ0n) is 10.3. The van der Waals surface area contributed by atoms with Crippen molar-refractivity contribution in [3.05, 3.63) is 42.2 Å². The van der Waals surface area contributed by atoms with E-state index in [1.54, 1.807) is 7.05 Å². The number of carbonyl (C=O) groups excluding carboxylic acids is 1. The van der Waals surface area contributed by atoms with E-state index in [0.717, 1.165) is 21.8 Å². The van der Waals surface area contributed by atoms with E-state index in [1.165, 1.54) is 0 Å². The van der Waals surface area contributed by atoms with Crippen molar-refractivity contribution >= 4 is 27.7 Å². The number of nitrogens with zero attached hydrogens (tertiary/aromatic N) is 1. The molecule has 3 aromatic rings. The lowest BCUT2D eigenvalue weighted by molar-refractivity contribution is -0.672. The van der Waals surface area contributed by atoms with Gasteiger partial charge in [-0.1, -0.05) is 18.2 Å². The van der Waals surface area contributed by atoms with Crippen LogP contribution in [0.15, 0.2) is 36.5 Å². The fourth-order valence-electron chi connectivity index (χ4n) is 2.30. The van der Waals surface area contributed by atoms with E-state index in [-0.39, 0.29) is 5.91 Å². The van der Waals surface area contributed by atoms with Gasteiger partial charge in [0.25, 0.3) is 5.69 Å². The van der Waals surface area contributed by atoms with Crippen LogP contribution in [0.3, 0.4) is 0 Å². The zero-order valence-corrected chi connectivity index (χ0v) is 10.3. The lowest BCUT2D eigenvalue weighted by Crippen LogP contribution is -2.39. The van der Waals surface area contributed by atoms with Crippen LogP contribution >= 0.6 is 0 Å². The van der Waals surface area contributed by atoms with Crippen LogP contribution in [-0.4, -0.2) is 17.9 Å². The molecule has 0 atom stereocenters. The molecule has 4 heteroatoms. The monoisotopic (exact) mass is 240 g/mol. The molecular formula is C14H14N3O+. The van der Waals surface area contributed by atoms with Crippen LogP contribution in [0.4, 0.5) is 0 Å². The summed E-state index contributed by atoms with van der Waals surface area (Å²) < 4.78 is 1.83. The summed E-state index contributed by atoms with van der Waals surface area (Å²) in [6, 6.07) is 10.0. The summed E-state index contributed by atoms with van der Waals surface area (Å²) in [5.74, 6) is -0.0790. The summed E-state index contributed by atoms with van der Waals surface area (Å²) in [6.45, 7) is 0. The Morgan fingerprint density at radius 3 is 2.78 bits per heavy atom. The predicted octanol–water partition coefficient (Wildman–Crippen LogP) is 1.51. The Hall–Kier alpha value is -2.36. The third kappa shape index (κ3) is 1.46. The Morgan fingerprint density at radius 2 is 2.00 bits per heavy atom. The van der Waals surface area contributed by atoms with E-state index in [1.807, 2.05) is 42.1 Å². The molecule has 0 aliphatic rings. The summed E-state index contributed by atoms with van der Waals surface area (Å²) >= 11 is 0. The minimum absolute atomic E-state index is 0.0790. The number of rotatable bonds is 1. The molecule has 18 heavy (non-hydrogen) atoms. The SMILES string of the molecule is CNC(=O)c1cc2c(c[n+]1C)[nH]c1ccccc12. The molecule has 2 aromatic heterocycles. The van der Waals surface area contributed by atoms with Gasteiger partial charge in [0.05, 0.1) is 0 Å². The number of aryl methyl sites for hydroxylation is 1. The first kappa shape index (κ1) is 10.8. The molecule has 0 saturated carbocycles. The van der Waals surface area contributed by atoms with E-state index >= 15 is 0 Å². The van der Waals surface area contributed by atoms with Gasteiger partial charge in [0, 0.05) is 29.4 Å². The van der Waals surface area contributed by atoms with Crippen molar-refractivity contribution in [1.82, 2.24) is 10.3 Å². The number of aromatic amines is 1. The Morgan fingerprint density at radius 1 is 1.22 bits per heavy atom. The fraction of sp³-hybridized carbons (Fsp3) is 0.143. The van der Waals surface area contributed by atoms with Crippen molar-refractivity contribution in [1.29, 1.82) is 0 Å². The van der Waals surface area contributed by atoms with Crippen LogP contribution in [0, 0.1) is 0 Å². The van der Waals surface area contributed by atoms with E-state index in [9.17, 15) is 4.79 Å². The highest BCUT2D eigenvalue weighted by Gasteiger charge is 2.18. The van der Waals surface area contributed by atoms with Crippen LogP contribution in [-0.2, 0) is 7.05 Å². The lowest BCUT2D eigenvalue weighted by Gasteiger charge is -1.98. The fourth-order valence-corrected chi connectivity index (χ4v) is 2.30. The van der Waals surface area contributed by atoms with E-state index in [2.05, 4.69) is 16.4 Å². The highest BCUT2D eigenvalue weighted by molar-refractivity contribution is 6.08. The number of hydrogen-bond acceptors (Lipinski definition) is 1. The summed E-state index contributed by atoms with van der Waals surface area (Å²) in [7, 11) is 3.51. The number of carbonyl (C=O) groups is 1. The molecule has 2 heterocycles. The van der Waals surface area contributed by atoms with E-state index < -0.39 is 0 Å². The van der Waals surface area contributed by atoms with E-state index in [0.29, 0.717) is 5.69 Å². The van der Waals surface area contributed by atoms with Crippen LogP contribution < -0.4 is 9.88 Å². The third-order valence-electron chi connectivity index (χ3n) is 3.22. The molecule has 90 valence electrons. The second kappa shape index (κ2) is 3.84. The average molecular weight is 240 g/mol. The molecule has 0 aliphatic heterocycles. The van der Waals surface area contributed by atoms with Crippen LogP contribution in [0.2, 0.25) is 0 Å². The molecule has 1 aromatic carbocycles. The van der Waals surface area contributed by atoms with Gasteiger partial charge in [0.15, 0.2) is 6.20 Å². The van der Waals surface area contributed by atoms with Crippen molar-refractivity contribution in [3.63, 3.8) is 0 Å². The Bertz CT molecular complexity index is 758.